The molecule has 1 saturated heterocycles. The second kappa shape index (κ2) is 6.75. The first-order valence-electron chi connectivity index (χ1n) is 8.29. The fourth-order valence-corrected chi connectivity index (χ4v) is 4.15. The van der Waals surface area contributed by atoms with Gasteiger partial charge in [0.25, 0.3) is 0 Å². The van der Waals surface area contributed by atoms with Gasteiger partial charge in [0.2, 0.25) is 0 Å². The van der Waals surface area contributed by atoms with Crippen molar-refractivity contribution < 1.29 is 14.3 Å². The highest BCUT2D eigenvalue weighted by Crippen LogP contribution is 2.39. The van der Waals surface area contributed by atoms with E-state index in [-0.39, 0.29) is 11.1 Å². The smallest absolute Gasteiger partial charge is 0.321 e. The molecule has 0 aromatic heterocycles. The van der Waals surface area contributed by atoms with Crippen molar-refractivity contribution in [2.24, 2.45) is 0 Å². The van der Waals surface area contributed by atoms with Gasteiger partial charge in [0.15, 0.2) is 8.32 Å². The van der Waals surface area contributed by atoms with Crippen LogP contribution in [0.5, 0.6) is 0 Å². The van der Waals surface area contributed by atoms with Gasteiger partial charge in [-0.3, -0.25) is 9.69 Å². The summed E-state index contributed by atoms with van der Waals surface area (Å²) < 4.78 is 6.45. The van der Waals surface area contributed by atoms with Crippen molar-refractivity contribution in [1.82, 2.24) is 4.90 Å². The number of aliphatic carboxylic acids is 1. The predicted octanol–water partition coefficient (Wildman–Crippen LogP) is 3.74. The summed E-state index contributed by atoms with van der Waals surface area (Å²) in [7, 11) is -1.88. The van der Waals surface area contributed by atoms with Crippen LogP contribution in [-0.4, -0.2) is 43.0 Å². The summed E-state index contributed by atoms with van der Waals surface area (Å²) in [6, 6.07) is 9.59. The SMILES string of the molecule is CC(C)(C)[Si](C)(C)OC1C[C@H](C(=O)O)N(Cc2ccccc2)C1. The molecule has 0 bridgehead atoms. The van der Waals surface area contributed by atoms with E-state index in [1.807, 2.05) is 35.2 Å². The van der Waals surface area contributed by atoms with E-state index in [4.69, 9.17) is 4.43 Å². The highest BCUT2D eigenvalue weighted by molar-refractivity contribution is 6.74. The Morgan fingerprint density at radius 2 is 1.91 bits per heavy atom. The Morgan fingerprint density at radius 3 is 2.43 bits per heavy atom. The minimum absolute atomic E-state index is 0.0145. The van der Waals surface area contributed by atoms with Gasteiger partial charge < -0.3 is 9.53 Å². The molecule has 0 spiro atoms. The van der Waals surface area contributed by atoms with Gasteiger partial charge in [-0.05, 0) is 30.1 Å². The molecule has 1 heterocycles. The van der Waals surface area contributed by atoms with Crippen molar-refractivity contribution in [3.8, 4) is 0 Å². The molecule has 1 aliphatic rings. The fourth-order valence-electron chi connectivity index (χ4n) is 2.79. The molecule has 1 aromatic carbocycles. The number of benzene rings is 1. The summed E-state index contributed by atoms with van der Waals surface area (Å²) in [6.45, 7) is 12.4. The third kappa shape index (κ3) is 4.43. The predicted molar refractivity (Wildman–Crippen MR) is 95.0 cm³/mol. The number of carboxylic acid groups (broad SMARTS) is 1. The Hall–Kier alpha value is -1.17. The van der Waals surface area contributed by atoms with E-state index in [0.717, 1.165) is 5.56 Å². The molecule has 0 radical (unpaired) electrons. The maximum atomic E-state index is 11.6. The van der Waals surface area contributed by atoms with Gasteiger partial charge in [0.05, 0.1) is 6.10 Å². The van der Waals surface area contributed by atoms with E-state index in [1.165, 1.54) is 0 Å². The number of hydrogen-bond donors (Lipinski definition) is 1. The average Bonchev–Trinajstić information content (AvgIpc) is 2.80. The molecule has 0 saturated carbocycles. The zero-order valence-electron chi connectivity index (χ0n) is 14.9. The summed E-state index contributed by atoms with van der Waals surface area (Å²) in [6.07, 6.45) is 0.593. The number of nitrogens with zero attached hydrogens (tertiary/aromatic N) is 1. The Kier molecular flexibility index (Phi) is 5.33. The molecule has 0 aliphatic carbocycles. The molecular weight excluding hydrogens is 306 g/mol. The second-order valence-electron chi connectivity index (χ2n) is 8.00. The van der Waals surface area contributed by atoms with Gasteiger partial charge in [0, 0.05) is 13.1 Å². The maximum Gasteiger partial charge on any atom is 0.321 e. The second-order valence-corrected chi connectivity index (χ2v) is 12.8. The molecule has 5 heteroatoms. The maximum absolute atomic E-state index is 11.6. The summed E-state index contributed by atoms with van der Waals surface area (Å²) >= 11 is 0. The summed E-state index contributed by atoms with van der Waals surface area (Å²) in [5.74, 6) is -0.748. The van der Waals surface area contributed by atoms with Crippen LogP contribution in [0, 0.1) is 0 Å². The largest absolute Gasteiger partial charge is 0.480 e. The third-order valence-corrected chi connectivity index (χ3v) is 9.68. The van der Waals surface area contributed by atoms with E-state index >= 15 is 0 Å². The average molecular weight is 336 g/mol. The van der Waals surface area contributed by atoms with Crippen molar-refractivity contribution in [3.05, 3.63) is 35.9 Å². The van der Waals surface area contributed by atoms with Crippen molar-refractivity contribution in [1.29, 1.82) is 0 Å². The van der Waals surface area contributed by atoms with E-state index in [2.05, 4.69) is 33.9 Å². The molecule has 1 N–H and O–H groups in total. The van der Waals surface area contributed by atoms with Crippen LogP contribution in [0.1, 0.15) is 32.8 Å². The minimum Gasteiger partial charge on any atom is -0.480 e. The minimum atomic E-state index is -1.88. The van der Waals surface area contributed by atoms with Crippen molar-refractivity contribution >= 4 is 14.3 Å². The normalized spacial score (nSPS) is 23.2. The summed E-state index contributed by atoms with van der Waals surface area (Å²) in [5, 5.41) is 9.69. The van der Waals surface area contributed by atoms with Gasteiger partial charge in [-0.1, -0.05) is 51.1 Å². The first kappa shape index (κ1) is 18.2. The Bertz CT molecular complexity index is 539. The molecule has 23 heavy (non-hydrogen) atoms. The quantitative estimate of drug-likeness (QED) is 0.833. The molecule has 128 valence electrons. The van der Waals surface area contributed by atoms with E-state index in [1.54, 1.807) is 0 Å². The Morgan fingerprint density at radius 1 is 1.30 bits per heavy atom. The van der Waals surface area contributed by atoms with E-state index in [0.29, 0.717) is 19.5 Å². The highest BCUT2D eigenvalue weighted by atomic mass is 28.4. The zero-order valence-corrected chi connectivity index (χ0v) is 15.9. The van der Waals surface area contributed by atoms with Crippen molar-refractivity contribution in [3.63, 3.8) is 0 Å². The molecule has 2 atom stereocenters. The number of carboxylic acids is 1. The molecule has 1 unspecified atom stereocenters. The monoisotopic (exact) mass is 335 g/mol. The number of rotatable bonds is 5. The lowest BCUT2D eigenvalue weighted by molar-refractivity contribution is -0.142. The summed E-state index contributed by atoms with van der Waals surface area (Å²) in [5.41, 5.74) is 1.15. The summed E-state index contributed by atoms with van der Waals surface area (Å²) in [4.78, 5) is 13.7. The Labute approximate surface area is 140 Å². The number of carbonyl (C=O) groups is 1. The van der Waals surface area contributed by atoms with Crippen LogP contribution in [0.2, 0.25) is 18.1 Å². The molecule has 2 rings (SSSR count). The van der Waals surface area contributed by atoms with Crippen molar-refractivity contribution in [2.75, 3.05) is 6.54 Å². The van der Waals surface area contributed by atoms with Crippen LogP contribution >= 0.6 is 0 Å². The van der Waals surface area contributed by atoms with Gasteiger partial charge in [-0.15, -0.1) is 0 Å². The van der Waals surface area contributed by atoms with Gasteiger partial charge in [-0.2, -0.15) is 0 Å². The lowest BCUT2D eigenvalue weighted by atomic mass is 10.2. The van der Waals surface area contributed by atoms with Gasteiger partial charge in [0.1, 0.15) is 6.04 Å². The van der Waals surface area contributed by atoms with Crippen LogP contribution in [0.4, 0.5) is 0 Å². The van der Waals surface area contributed by atoms with Crippen LogP contribution < -0.4 is 0 Å². The first-order valence-corrected chi connectivity index (χ1v) is 11.2. The molecule has 1 aliphatic heterocycles. The lowest BCUT2D eigenvalue weighted by Crippen LogP contribution is -2.44. The number of likely N-dealkylation sites (tertiary alicyclic amines) is 1. The first-order chi connectivity index (χ1) is 10.6. The fraction of sp³-hybridized carbons (Fsp3) is 0.611. The van der Waals surface area contributed by atoms with Crippen LogP contribution in [0.15, 0.2) is 30.3 Å². The molecule has 0 amide bonds. The van der Waals surface area contributed by atoms with E-state index in [9.17, 15) is 9.90 Å². The third-order valence-electron chi connectivity index (χ3n) is 5.15. The van der Waals surface area contributed by atoms with E-state index < -0.39 is 20.3 Å². The molecule has 4 nitrogen and oxygen atoms in total. The standard InChI is InChI=1S/C18H29NO3Si/c1-18(2,3)23(4,5)22-15-11-16(17(20)21)19(13-15)12-14-9-7-6-8-10-14/h6-10,15-16H,11-13H2,1-5H3,(H,20,21)/t15?,16-/m1/s1. The van der Waals surface area contributed by atoms with Gasteiger partial charge in [-0.25, -0.2) is 0 Å². The van der Waals surface area contributed by atoms with Crippen molar-refractivity contribution in [2.45, 2.75) is 64.0 Å². The van der Waals surface area contributed by atoms with Crippen LogP contribution in [-0.2, 0) is 15.8 Å². The topological polar surface area (TPSA) is 49.8 Å². The Balaban J connectivity index is 2.08. The number of hydrogen-bond acceptors (Lipinski definition) is 3. The molecule has 1 fully saturated rings. The van der Waals surface area contributed by atoms with Crippen LogP contribution in [0.3, 0.4) is 0 Å². The van der Waals surface area contributed by atoms with Crippen LogP contribution in [0.25, 0.3) is 0 Å². The lowest BCUT2D eigenvalue weighted by Gasteiger charge is -2.38. The molecular formula is C18H29NO3Si. The zero-order chi connectivity index (χ0) is 17.3. The van der Waals surface area contributed by atoms with Gasteiger partial charge >= 0.3 is 5.97 Å². The highest BCUT2D eigenvalue weighted by Gasteiger charge is 2.44. The molecule has 1 aromatic rings.